The van der Waals surface area contributed by atoms with Crippen molar-refractivity contribution in [1.29, 1.82) is 0 Å². The van der Waals surface area contributed by atoms with Gasteiger partial charge >= 0.3 is 11.9 Å². The summed E-state index contributed by atoms with van der Waals surface area (Å²) in [5.74, 6) is -1.89. The van der Waals surface area contributed by atoms with Crippen LogP contribution in [0.2, 0.25) is 5.02 Å². The highest BCUT2D eigenvalue weighted by Gasteiger charge is 2.33. The molecule has 1 aromatic carbocycles. The highest BCUT2D eigenvalue weighted by molar-refractivity contribution is 7.18. The molecule has 8 heteroatoms. The van der Waals surface area contributed by atoms with Crippen molar-refractivity contribution >= 4 is 45.7 Å². The maximum atomic E-state index is 13.0. The molecule has 0 saturated heterocycles. The highest BCUT2D eigenvalue weighted by atomic mass is 35.5. The quantitative estimate of drug-likeness (QED) is 0.584. The van der Waals surface area contributed by atoms with Crippen LogP contribution in [0.15, 0.2) is 24.3 Å². The van der Waals surface area contributed by atoms with E-state index < -0.39 is 17.7 Å². The first-order valence-electron chi connectivity index (χ1n) is 7.12. The van der Waals surface area contributed by atoms with Crippen LogP contribution in [0.5, 0.6) is 0 Å². The van der Waals surface area contributed by atoms with Crippen LogP contribution < -0.4 is 4.90 Å². The van der Waals surface area contributed by atoms with Gasteiger partial charge in [-0.3, -0.25) is 4.79 Å². The van der Waals surface area contributed by atoms with Crippen molar-refractivity contribution in [1.82, 2.24) is 0 Å². The number of carbonyl (C=O) groups excluding carboxylic acids is 3. The third kappa shape index (κ3) is 3.67. The van der Waals surface area contributed by atoms with Gasteiger partial charge in [0, 0.05) is 24.7 Å². The minimum absolute atomic E-state index is 0.0235. The second-order valence-corrected chi connectivity index (χ2v) is 6.64. The van der Waals surface area contributed by atoms with Gasteiger partial charge in [0.05, 0.1) is 25.3 Å². The van der Waals surface area contributed by atoms with Crippen molar-refractivity contribution in [2.75, 3.05) is 33.2 Å². The molecule has 0 unspecified atom stereocenters. The van der Waals surface area contributed by atoms with Gasteiger partial charge in [-0.25, -0.2) is 9.59 Å². The predicted octanol–water partition coefficient (Wildman–Crippen LogP) is 3.27. The third-order valence-corrected chi connectivity index (χ3v) is 4.98. The van der Waals surface area contributed by atoms with E-state index in [1.807, 2.05) is 0 Å². The molecular weight excluding hydrogens is 366 g/mol. The van der Waals surface area contributed by atoms with E-state index in [0.717, 1.165) is 11.3 Å². The first-order valence-corrected chi connectivity index (χ1v) is 8.32. The zero-order valence-electron chi connectivity index (χ0n) is 14.1. The van der Waals surface area contributed by atoms with Gasteiger partial charge in [0.25, 0.3) is 0 Å². The highest BCUT2D eigenvalue weighted by Crippen LogP contribution is 2.37. The first kappa shape index (κ1) is 19.0. The zero-order chi connectivity index (χ0) is 18.7. The van der Waals surface area contributed by atoms with E-state index in [4.69, 9.17) is 21.1 Å². The molecule has 0 spiro atoms. The largest absolute Gasteiger partial charge is 0.465 e. The fraction of sp³-hybridized carbons (Fsp3) is 0.235. The van der Waals surface area contributed by atoms with Crippen LogP contribution in [0.4, 0.5) is 5.00 Å². The van der Waals surface area contributed by atoms with Crippen molar-refractivity contribution < 1.29 is 23.9 Å². The molecule has 0 amide bonds. The molecule has 6 nitrogen and oxygen atoms in total. The molecule has 0 saturated carbocycles. The Morgan fingerprint density at radius 1 is 0.960 bits per heavy atom. The lowest BCUT2D eigenvalue weighted by molar-refractivity contribution is 0.0558. The Hall–Kier alpha value is -2.38. The molecule has 0 aliphatic heterocycles. The van der Waals surface area contributed by atoms with Gasteiger partial charge in [-0.05, 0) is 24.3 Å². The van der Waals surface area contributed by atoms with Gasteiger partial charge in [-0.1, -0.05) is 11.6 Å². The van der Waals surface area contributed by atoms with Gasteiger partial charge in [0.15, 0.2) is 5.78 Å². The minimum Gasteiger partial charge on any atom is -0.465 e. The molecule has 25 heavy (non-hydrogen) atoms. The molecule has 0 N–H and O–H groups in total. The molecule has 0 aliphatic carbocycles. The number of ketones is 1. The standard InChI is InChI=1S/C17H16ClNO5S/c1-19(2)15-11(13(20)9-5-7-10(18)8-6-9)12(16(21)23-3)14(25-15)17(22)24-4/h5-8H,1-4H3. The second kappa shape index (κ2) is 7.67. The summed E-state index contributed by atoms with van der Waals surface area (Å²) in [7, 11) is 5.82. The van der Waals surface area contributed by atoms with Crippen molar-refractivity contribution in [3.05, 3.63) is 50.9 Å². The Morgan fingerprint density at radius 2 is 1.52 bits per heavy atom. The summed E-state index contributed by atoms with van der Waals surface area (Å²) in [6, 6.07) is 6.27. The zero-order valence-corrected chi connectivity index (χ0v) is 15.7. The first-order chi connectivity index (χ1) is 11.8. The fourth-order valence-electron chi connectivity index (χ4n) is 2.22. The molecule has 0 aliphatic rings. The Balaban J connectivity index is 2.74. The number of thiophene rings is 1. The molecule has 132 valence electrons. The average Bonchev–Trinajstić information content (AvgIpc) is 3.01. The van der Waals surface area contributed by atoms with E-state index in [-0.39, 0.29) is 16.0 Å². The van der Waals surface area contributed by atoms with Crippen molar-refractivity contribution in [2.45, 2.75) is 0 Å². The molecule has 0 atom stereocenters. The van der Waals surface area contributed by atoms with Crippen LogP contribution in [-0.2, 0) is 9.47 Å². The maximum absolute atomic E-state index is 13.0. The lowest BCUT2D eigenvalue weighted by Gasteiger charge is -2.13. The van der Waals surface area contributed by atoms with Crippen molar-refractivity contribution in [3.63, 3.8) is 0 Å². The Morgan fingerprint density at radius 3 is 2.00 bits per heavy atom. The summed E-state index contributed by atoms with van der Waals surface area (Å²) in [5.41, 5.74) is 0.347. The fourth-order valence-corrected chi connectivity index (χ4v) is 3.48. The number of nitrogens with zero attached hydrogens (tertiary/aromatic N) is 1. The number of hydrogen-bond acceptors (Lipinski definition) is 7. The Bertz CT molecular complexity index is 826. The number of carbonyl (C=O) groups is 3. The van der Waals surface area contributed by atoms with Gasteiger partial charge < -0.3 is 14.4 Å². The minimum atomic E-state index is -0.776. The number of esters is 2. The molecule has 0 fully saturated rings. The van der Waals surface area contributed by atoms with E-state index in [9.17, 15) is 14.4 Å². The molecule has 2 aromatic rings. The van der Waals surface area contributed by atoms with Crippen molar-refractivity contribution in [3.8, 4) is 0 Å². The molecule has 1 heterocycles. The summed E-state index contributed by atoms with van der Waals surface area (Å²) in [6.07, 6.45) is 0. The van der Waals surface area contributed by atoms with Crippen LogP contribution in [-0.4, -0.2) is 46.0 Å². The third-order valence-electron chi connectivity index (χ3n) is 3.39. The number of ether oxygens (including phenoxy) is 2. The summed E-state index contributed by atoms with van der Waals surface area (Å²) in [6.45, 7) is 0. The SMILES string of the molecule is COC(=O)c1sc(N(C)C)c(C(=O)c2ccc(Cl)cc2)c1C(=O)OC. The monoisotopic (exact) mass is 381 g/mol. The van der Waals surface area contributed by atoms with E-state index >= 15 is 0 Å². The van der Waals surface area contributed by atoms with Crippen LogP contribution in [0.25, 0.3) is 0 Å². The van der Waals surface area contributed by atoms with Crippen LogP contribution in [0, 0.1) is 0 Å². The average molecular weight is 382 g/mol. The van der Waals surface area contributed by atoms with Crippen LogP contribution in [0.3, 0.4) is 0 Å². The van der Waals surface area contributed by atoms with Crippen molar-refractivity contribution in [2.24, 2.45) is 0 Å². The molecule has 0 bridgehead atoms. The smallest absolute Gasteiger partial charge is 0.349 e. The molecule has 1 aromatic heterocycles. The normalized spacial score (nSPS) is 10.3. The Labute approximate surface area is 153 Å². The molecular formula is C17H16ClNO5S. The lowest BCUT2D eigenvalue weighted by Crippen LogP contribution is -2.17. The van der Waals surface area contributed by atoms with E-state index in [0.29, 0.717) is 15.6 Å². The van der Waals surface area contributed by atoms with Gasteiger partial charge in [0.2, 0.25) is 0 Å². The van der Waals surface area contributed by atoms with Crippen LogP contribution >= 0.6 is 22.9 Å². The van der Waals surface area contributed by atoms with Crippen LogP contribution in [0.1, 0.15) is 36.0 Å². The van der Waals surface area contributed by atoms with E-state index in [1.54, 1.807) is 43.3 Å². The number of halogens is 1. The van der Waals surface area contributed by atoms with E-state index in [1.165, 1.54) is 14.2 Å². The summed E-state index contributed by atoms with van der Waals surface area (Å²) >= 11 is 6.86. The summed E-state index contributed by atoms with van der Waals surface area (Å²) < 4.78 is 9.52. The molecule has 2 rings (SSSR count). The number of hydrogen-bond donors (Lipinski definition) is 0. The van der Waals surface area contributed by atoms with Gasteiger partial charge in [0.1, 0.15) is 9.88 Å². The summed E-state index contributed by atoms with van der Waals surface area (Å²) in [4.78, 5) is 39.1. The number of methoxy groups -OCH3 is 2. The van der Waals surface area contributed by atoms with Gasteiger partial charge in [-0.2, -0.15) is 0 Å². The topological polar surface area (TPSA) is 72.9 Å². The second-order valence-electron chi connectivity index (χ2n) is 5.20. The van der Waals surface area contributed by atoms with Gasteiger partial charge in [-0.15, -0.1) is 11.3 Å². The Kier molecular flexibility index (Phi) is 5.81. The lowest BCUT2D eigenvalue weighted by atomic mass is 10.00. The predicted molar refractivity (Wildman–Crippen MR) is 96.2 cm³/mol. The summed E-state index contributed by atoms with van der Waals surface area (Å²) in [5, 5.41) is 0.943. The number of anilines is 1. The van der Waals surface area contributed by atoms with E-state index in [2.05, 4.69) is 0 Å². The number of benzene rings is 1. The number of rotatable bonds is 5. The maximum Gasteiger partial charge on any atom is 0.349 e. The molecule has 0 radical (unpaired) electrons.